The van der Waals surface area contributed by atoms with Crippen molar-refractivity contribution in [1.29, 1.82) is 0 Å². The van der Waals surface area contributed by atoms with Gasteiger partial charge < -0.3 is 20.1 Å². The van der Waals surface area contributed by atoms with E-state index in [1.54, 1.807) is 6.07 Å². The van der Waals surface area contributed by atoms with Crippen molar-refractivity contribution >= 4 is 0 Å². The third kappa shape index (κ3) is 3.96. The lowest BCUT2D eigenvalue weighted by atomic mass is 9.90. The van der Waals surface area contributed by atoms with Gasteiger partial charge in [-0.3, -0.25) is 0 Å². The van der Waals surface area contributed by atoms with Crippen LogP contribution in [0.3, 0.4) is 0 Å². The van der Waals surface area contributed by atoms with Gasteiger partial charge in [0.1, 0.15) is 24.4 Å². The van der Waals surface area contributed by atoms with Gasteiger partial charge in [-0.2, -0.15) is 0 Å². The van der Waals surface area contributed by atoms with Crippen molar-refractivity contribution in [2.75, 3.05) is 6.61 Å². The summed E-state index contributed by atoms with van der Waals surface area (Å²) in [6.45, 7) is 1.56. The van der Waals surface area contributed by atoms with E-state index in [0.717, 1.165) is 18.4 Å². The van der Waals surface area contributed by atoms with Gasteiger partial charge in [-0.15, -0.1) is 0 Å². The zero-order valence-corrected chi connectivity index (χ0v) is 14.8. The van der Waals surface area contributed by atoms with Gasteiger partial charge in [-0.1, -0.05) is 55.5 Å². The second-order valence-electron chi connectivity index (χ2n) is 6.80. The van der Waals surface area contributed by atoms with Gasteiger partial charge in [0.05, 0.1) is 6.61 Å². The summed E-state index contributed by atoms with van der Waals surface area (Å²) >= 11 is 0. The molecule has 140 valence electrons. The lowest BCUT2D eigenvalue weighted by Crippen LogP contribution is -2.53. The number of halogens is 1. The number of aliphatic hydroxyl groups is 3. The fourth-order valence-electron chi connectivity index (χ4n) is 3.36. The van der Waals surface area contributed by atoms with Crippen LogP contribution in [0.4, 0.5) is 4.39 Å². The molecule has 0 aromatic heterocycles. The molecule has 5 heteroatoms. The Balaban J connectivity index is 1.79. The first-order chi connectivity index (χ1) is 12.5. The van der Waals surface area contributed by atoms with Gasteiger partial charge in [0.15, 0.2) is 6.17 Å². The maximum absolute atomic E-state index is 13.9. The van der Waals surface area contributed by atoms with Crippen LogP contribution in [0.2, 0.25) is 0 Å². The zero-order chi connectivity index (χ0) is 18.7. The quantitative estimate of drug-likeness (QED) is 0.765. The van der Waals surface area contributed by atoms with E-state index in [4.69, 9.17) is 4.74 Å². The van der Waals surface area contributed by atoms with Crippen LogP contribution < -0.4 is 0 Å². The van der Waals surface area contributed by atoms with Crippen LogP contribution in [0.5, 0.6) is 0 Å². The van der Waals surface area contributed by atoms with E-state index in [-0.39, 0.29) is 0 Å². The Morgan fingerprint density at radius 2 is 1.65 bits per heavy atom. The van der Waals surface area contributed by atoms with Crippen molar-refractivity contribution in [3.05, 3.63) is 70.8 Å². The molecule has 2 aromatic rings. The average molecular weight is 360 g/mol. The van der Waals surface area contributed by atoms with Crippen molar-refractivity contribution in [2.45, 2.75) is 50.4 Å². The number of benzene rings is 2. The van der Waals surface area contributed by atoms with E-state index < -0.39 is 37.2 Å². The standard InChI is InChI=1S/C21H25FO4/c1-2-13-6-8-14(9-7-13)10-15-4-3-5-16(11-15)21-20(25)19(24)18(22)17(12-23)26-21/h3-9,11,17-21,23-25H,2,10,12H2,1H3. The topological polar surface area (TPSA) is 69.9 Å². The highest BCUT2D eigenvalue weighted by Crippen LogP contribution is 2.34. The van der Waals surface area contributed by atoms with Crippen molar-refractivity contribution in [1.82, 2.24) is 0 Å². The van der Waals surface area contributed by atoms with Crippen LogP contribution in [0.1, 0.15) is 35.3 Å². The van der Waals surface area contributed by atoms with E-state index >= 15 is 0 Å². The Hall–Kier alpha value is -1.79. The molecule has 3 rings (SSSR count). The van der Waals surface area contributed by atoms with Gasteiger partial charge in [0.2, 0.25) is 0 Å². The van der Waals surface area contributed by atoms with Crippen molar-refractivity contribution in [2.24, 2.45) is 0 Å². The van der Waals surface area contributed by atoms with Crippen molar-refractivity contribution < 1.29 is 24.4 Å². The van der Waals surface area contributed by atoms with Crippen molar-refractivity contribution in [3.63, 3.8) is 0 Å². The molecule has 0 amide bonds. The molecule has 3 N–H and O–H groups in total. The van der Waals surface area contributed by atoms with Crippen molar-refractivity contribution in [3.8, 4) is 0 Å². The molecule has 1 aliphatic heterocycles. The molecule has 2 aromatic carbocycles. The minimum atomic E-state index is -1.81. The Bertz CT molecular complexity index is 716. The Kier molecular flexibility index (Phi) is 6.04. The molecule has 1 heterocycles. The van der Waals surface area contributed by atoms with E-state index in [0.29, 0.717) is 5.56 Å². The monoisotopic (exact) mass is 360 g/mol. The highest BCUT2D eigenvalue weighted by Gasteiger charge is 2.45. The second kappa shape index (κ2) is 8.27. The van der Waals surface area contributed by atoms with E-state index in [2.05, 4.69) is 31.2 Å². The smallest absolute Gasteiger partial charge is 0.157 e. The summed E-state index contributed by atoms with van der Waals surface area (Å²) in [6.07, 6.45) is -5.09. The summed E-state index contributed by atoms with van der Waals surface area (Å²) in [6, 6.07) is 15.9. The molecule has 4 nitrogen and oxygen atoms in total. The molecule has 0 spiro atoms. The average Bonchev–Trinajstić information content (AvgIpc) is 2.67. The molecule has 5 atom stereocenters. The number of alkyl halides is 1. The third-order valence-electron chi connectivity index (χ3n) is 4.96. The summed E-state index contributed by atoms with van der Waals surface area (Å²) in [4.78, 5) is 0. The lowest BCUT2D eigenvalue weighted by molar-refractivity contribution is -0.214. The van der Waals surface area contributed by atoms with E-state index in [9.17, 15) is 19.7 Å². The van der Waals surface area contributed by atoms with Crippen LogP contribution >= 0.6 is 0 Å². The van der Waals surface area contributed by atoms with Gasteiger partial charge in [-0.05, 0) is 35.1 Å². The fourth-order valence-corrected chi connectivity index (χ4v) is 3.36. The molecule has 0 aliphatic carbocycles. The van der Waals surface area contributed by atoms with Gasteiger partial charge in [0.25, 0.3) is 0 Å². The minimum Gasteiger partial charge on any atom is -0.394 e. The predicted molar refractivity (Wildman–Crippen MR) is 96.7 cm³/mol. The first-order valence-electron chi connectivity index (χ1n) is 8.96. The van der Waals surface area contributed by atoms with Crippen LogP contribution in [0, 0.1) is 0 Å². The molecule has 5 unspecified atom stereocenters. The van der Waals surface area contributed by atoms with Gasteiger partial charge in [0, 0.05) is 0 Å². The third-order valence-corrected chi connectivity index (χ3v) is 4.96. The molecule has 1 saturated heterocycles. The first kappa shape index (κ1) is 19.0. The van der Waals surface area contributed by atoms with Gasteiger partial charge in [-0.25, -0.2) is 4.39 Å². The zero-order valence-electron chi connectivity index (χ0n) is 14.8. The number of aliphatic hydroxyl groups excluding tert-OH is 3. The first-order valence-corrected chi connectivity index (χ1v) is 8.96. The summed E-state index contributed by atoms with van der Waals surface area (Å²) in [5.74, 6) is 0. The lowest BCUT2D eigenvalue weighted by Gasteiger charge is -2.39. The number of ether oxygens (including phenoxy) is 1. The normalized spacial score (nSPS) is 28.9. The molecular weight excluding hydrogens is 335 g/mol. The maximum Gasteiger partial charge on any atom is 0.157 e. The Labute approximate surface area is 152 Å². The highest BCUT2D eigenvalue weighted by molar-refractivity contribution is 5.32. The fraction of sp³-hybridized carbons (Fsp3) is 0.429. The molecule has 0 radical (unpaired) electrons. The molecule has 0 bridgehead atoms. The second-order valence-corrected chi connectivity index (χ2v) is 6.80. The van der Waals surface area contributed by atoms with Crippen LogP contribution in [0.15, 0.2) is 48.5 Å². The number of rotatable bonds is 5. The Morgan fingerprint density at radius 3 is 2.31 bits per heavy atom. The molecule has 26 heavy (non-hydrogen) atoms. The van der Waals surface area contributed by atoms with E-state index in [1.807, 2.05) is 18.2 Å². The summed E-state index contributed by atoms with van der Waals surface area (Å²) in [5, 5.41) is 29.4. The number of aryl methyl sites for hydroxylation is 1. The maximum atomic E-state index is 13.9. The summed E-state index contributed by atoms with van der Waals surface area (Å²) in [5.41, 5.74) is 4.14. The summed E-state index contributed by atoms with van der Waals surface area (Å²) in [7, 11) is 0. The SMILES string of the molecule is CCc1ccc(Cc2cccc(C3OC(CO)C(F)C(O)C3O)c2)cc1. The minimum absolute atomic E-state index is 0.551. The number of hydrogen-bond donors (Lipinski definition) is 3. The predicted octanol–water partition coefficient (Wildman–Crippen LogP) is 2.33. The Morgan fingerprint density at radius 1 is 0.962 bits per heavy atom. The summed E-state index contributed by atoms with van der Waals surface area (Å²) < 4.78 is 19.4. The van der Waals surface area contributed by atoms with E-state index in [1.165, 1.54) is 11.1 Å². The van der Waals surface area contributed by atoms with Crippen LogP contribution in [-0.2, 0) is 17.6 Å². The molecule has 0 saturated carbocycles. The number of hydrogen-bond acceptors (Lipinski definition) is 4. The largest absolute Gasteiger partial charge is 0.394 e. The van der Waals surface area contributed by atoms with Crippen LogP contribution in [0.25, 0.3) is 0 Å². The van der Waals surface area contributed by atoms with Crippen LogP contribution in [-0.4, -0.2) is 46.4 Å². The molecule has 1 fully saturated rings. The molecule has 1 aliphatic rings. The highest BCUT2D eigenvalue weighted by atomic mass is 19.1. The molecular formula is C21H25FO4. The van der Waals surface area contributed by atoms with Gasteiger partial charge >= 0.3 is 0 Å².